The highest BCUT2D eigenvalue weighted by Gasteiger charge is 2.56. The summed E-state index contributed by atoms with van der Waals surface area (Å²) in [6, 6.07) is 45.9. The molecule has 0 N–H and O–H groups in total. The molecule has 0 aliphatic carbocycles. The third-order valence-electron chi connectivity index (χ3n) is 11.8. The Bertz CT molecular complexity index is 2470. The lowest BCUT2D eigenvalue weighted by Gasteiger charge is -2.52. The molecule has 0 aromatic heterocycles. The van der Waals surface area contributed by atoms with Gasteiger partial charge in [0.1, 0.15) is 11.5 Å². The van der Waals surface area contributed by atoms with Crippen molar-refractivity contribution in [2.75, 3.05) is 9.80 Å². The molecule has 3 heterocycles. The van der Waals surface area contributed by atoms with Crippen molar-refractivity contribution in [3.63, 3.8) is 0 Å². The normalized spacial score (nSPS) is 15.2. The summed E-state index contributed by atoms with van der Waals surface area (Å²) in [5.41, 5.74) is 11.5. The maximum Gasteiger partial charge on any atom is 0.166 e. The van der Waals surface area contributed by atoms with Crippen LogP contribution in [0.2, 0.25) is 6.55 Å². The molecular formula is C48H44N2OSi. The van der Waals surface area contributed by atoms with Gasteiger partial charge in [0, 0.05) is 43.9 Å². The predicted molar refractivity (Wildman–Crippen MR) is 224 cm³/mol. The first-order valence-corrected chi connectivity index (χ1v) is 21.1. The van der Waals surface area contributed by atoms with E-state index >= 15 is 0 Å². The number of anilines is 6. The van der Waals surface area contributed by atoms with Crippen LogP contribution in [-0.2, 0) is 10.8 Å². The topological polar surface area (TPSA) is 15.7 Å². The minimum absolute atomic E-state index is 0.0623. The van der Waals surface area contributed by atoms with Crippen molar-refractivity contribution in [2.45, 2.75) is 65.8 Å². The second-order valence-electron chi connectivity index (χ2n) is 17.3. The van der Waals surface area contributed by atoms with Gasteiger partial charge in [-0.2, -0.15) is 0 Å². The second kappa shape index (κ2) is 10.4. The number of hydrogen-bond donors (Lipinski definition) is 0. The van der Waals surface area contributed by atoms with E-state index in [1.807, 2.05) is 0 Å². The first-order valence-electron chi connectivity index (χ1n) is 18.6. The number of hydrogen-bond acceptors (Lipinski definition) is 3. The fourth-order valence-corrected chi connectivity index (χ4v) is 14.1. The number of benzene rings is 7. The molecule has 256 valence electrons. The molecule has 3 aliphatic heterocycles. The molecule has 0 bridgehead atoms. The van der Waals surface area contributed by atoms with E-state index < -0.39 is 8.07 Å². The van der Waals surface area contributed by atoms with Gasteiger partial charge in [-0.05, 0) is 98.9 Å². The molecule has 7 aromatic rings. The average molecular weight is 693 g/mol. The molecule has 7 aromatic carbocycles. The second-order valence-corrected chi connectivity index (χ2v) is 21.1. The van der Waals surface area contributed by atoms with E-state index in [4.69, 9.17) is 4.74 Å². The highest BCUT2D eigenvalue weighted by Crippen LogP contribution is 2.54. The van der Waals surface area contributed by atoms with Gasteiger partial charge in [0.05, 0.1) is 11.4 Å². The van der Waals surface area contributed by atoms with E-state index in [9.17, 15) is 0 Å². The molecule has 0 atom stereocenters. The molecule has 10 rings (SSSR count). The first-order chi connectivity index (χ1) is 24.8. The molecule has 3 nitrogen and oxygen atoms in total. The molecule has 0 fully saturated rings. The summed E-state index contributed by atoms with van der Waals surface area (Å²) in [5, 5.41) is 9.11. The number of nitrogens with zero attached hydrogens (tertiary/aromatic N) is 2. The predicted octanol–water partition coefficient (Wildman–Crippen LogP) is 11.7. The molecule has 0 saturated heterocycles. The van der Waals surface area contributed by atoms with E-state index in [1.54, 1.807) is 0 Å². The van der Waals surface area contributed by atoms with Gasteiger partial charge in [0.25, 0.3) is 0 Å². The van der Waals surface area contributed by atoms with Crippen molar-refractivity contribution in [1.29, 1.82) is 0 Å². The van der Waals surface area contributed by atoms with Gasteiger partial charge in [-0.25, -0.2) is 0 Å². The van der Waals surface area contributed by atoms with Crippen LogP contribution in [0.1, 0.15) is 58.2 Å². The third kappa shape index (κ3) is 4.19. The molecule has 0 radical (unpaired) electrons. The minimum Gasteiger partial charge on any atom is -0.457 e. The van der Waals surface area contributed by atoms with Gasteiger partial charge < -0.3 is 14.5 Å². The molecule has 4 heteroatoms. The zero-order valence-corrected chi connectivity index (χ0v) is 32.3. The molecule has 0 saturated carbocycles. The zero-order valence-electron chi connectivity index (χ0n) is 31.3. The summed E-state index contributed by atoms with van der Waals surface area (Å²) in [7, 11) is -2.70. The minimum atomic E-state index is -2.70. The van der Waals surface area contributed by atoms with Crippen LogP contribution in [0.4, 0.5) is 34.1 Å². The lowest BCUT2D eigenvalue weighted by Crippen LogP contribution is -2.73. The van der Waals surface area contributed by atoms with Gasteiger partial charge in [0.2, 0.25) is 0 Å². The van der Waals surface area contributed by atoms with Crippen molar-refractivity contribution in [1.82, 2.24) is 0 Å². The fourth-order valence-electron chi connectivity index (χ4n) is 9.30. The van der Waals surface area contributed by atoms with Crippen molar-refractivity contribution < 1.29 is 4.74 Å². The largest absolute Gasteiger partial charge is 0.457 e. The summed E-state index contributed by atoms with van der Waals surface area (Å²) in [4.78, 5) is 5.13. The van der Waals surface area contributed by atoms with Gasteiger partial charge in [-0.15, -0.1) is 0 Å². The van der Waals surface area contributed by atoms with E-state index in [1.165, 1.54) is 87.9 Å². The Kier molecular flexibility index (Phi) is 6.28. The van der Waals surface area contributed by atoms with Crippen molar-refractivity contribution in [3.8, 4) is 11.5 Å². The molecule has 3 aliphatic rings. The summed E-state index contributed by atoms with van der Waals surface area (Å²) in [6.07, 6.45) is 0. The van der Waals surface area contributed by atoms with Crippen LogP contribution in [0.15, 0.2) is 121 Å². The quantitative estimate of drug-likeness (QED) is 0.168. The summed E-state index contributed by atoms with van der Waals surface area (Å²) >= 11 is 0. The highest BCUT2D eigenvalue weighted by atomic mass is 28.3. The Balaban J connectivity index is 1.37. The number of aryl methyl sites for hydroxylation is 1. The van der Waals surface area contributed by atoms with Crippen molar-refractivity contribution in [3.05, 3.63) is 138 Å². The molecule has 0 unspecified atom stereocenters. The number of ether oxygens (including phenoxy) is 1. The Morgan fingerprint density at radius 1 is 0.500 bits per heavy atom. The fraction of sp³-hybridized carbons (Fsp3) is 0.208. The monoisotopic (exact) mass is 692 g/mol. The van der Waals surface area contributed by atoms with Crippen LogP contribution in [0.3, 0.4) is 0 Å². The lowest BCUT2D eigenvalue weighted by molar-refractivity contribution is 0.488. The van der Waals surface area contributed by atoms with Crippen LogP contribution in [-0.4, -0.2) is 8.07 Å². The van der Waals surface area contributed by atoms with Crippen LogP contribution >= 0.6 is 0 Å². The number of fused-ring (bicyclic) bond motifs is 4. The van der Waals surface area contributed by atoms with Crippen LogP contribution in [0.5, 0.6) is 11.5 Å². The highest BCUT2D eigenvalue weighted by molar-refractivity contribution is 7.15. The summed E-state index contributed by atoms with van der Waals surface area (Å²) < 4.78 is 7.23. The standard InChI is InChI=1S/C48H44N2OSi/c1-29-25-38-44-39(26-29)50(35-23-19-33(20-24-35)48(5,6)7)43-37-16-12-10-14-31(37)28-41-46(43)52(44,8)45-40(51-41)27-30-13-9-11-15-36(30)42(45)49(38)34-21-17-32(18-22-34)47(2,3)4/h9-28H,1-8H3. The molecular weight excluding hydrogens is 649 g/mol. The Labute approximate surface area is 308 Å². The Morgan fingerprint density at radius 3 is 1.31 bits per heavy atom. The van der Waals surface area contributed by atoms with Gasteiger partial charge in [-0.3, -0.25) is 0 Å². The van der Waals surface area contributed by atoms with Gasteiger partial charge in [0.15, 0.2) is 8.07 Å². The van der Waals surface area contributed by atoms with Gasteiger partial charge in [-0.1, -0.05) is 121 Å². The van der Waals surface area contributed by atoms with Crippen molar-refractivity contribution >= 4 is 79.3 Å². The smallest absolute Gasteiger partial charge is 0.166 e. The summed E-state index contributed by atoms with van der Waals surface area (Å²) in [5.74, 6) is 1.99. The molecule has 0 amide bonds. The average Bonchev–Trinajstić information content (AvgIpc) is 3.10. The Morgan fingerprint density at radius 2 is 0.904 bits per heavy atom. The van der Waals surface area contributed by atoms with Crippen LogP contribution in [0.25, 0.3) is 21.5 Å². The van der Waals surface area contributed by atoms with E-state index in [0.717, 1.165) is 11.5 Å². The van der Waals surface area contributed by atoms with Crippen LogP contribution < -0.4 is 30.1 Å². The van der Waals surface area contributed by atoms with E-state index in [0.29, 0.717) is 0 Å². The van der Waals surface area contributed by atoms with Crippen molar-refractivity contribution in [2.24, 2.45) is 0 Å². The maximum atomic E-state index is 7.23. The summed E-state index contributed by atoms with van der Waals surface area (Å²) in [6.45, 7) is 18.6. The van der Waals surface area contributed by atoms with Gasteiger partial charge >= 0.3 is 0 Å². The lowest BCUT2D eigenvalue weighted by atomic mass is 9.87. The molecule has 52 heavy (non-hydrogen) atoms. The maximum absolute atomic E-state index is 7.23. The number of rotatable bonds is 2. The van der Waals surface area contributed by atoms with E-state index in [-0.39, 0.29) is 10.8 Å². The molecule has 0 spiro atoms. The Hall–Kier alpha value is -5.32. The zero-order chi connectivity index (χ0) is 35.9. The van der Waals surface area contributed by atoms with E-state index in [2.05, 4.69) is 186 Å². The first kappa shape index (κ1) is 31.4. The SMILES string of the molecule is Cc1cc2c3c(c1)N(c1ccc(C(C)(C)C)cc1)c1c4c(cc5ccccc15)Oc1cc5ccccc5c(c1[Si]34C)N2c1ccc(C(C)(C)C)cc1. The third-order valence-corrected chi connectivity index (χ3v) is 16.3. The van der Waals surface area contributed by atoms with Crippen LogP contribution in [0, 0.1) is 6.92 Å².